The Balaban J connectivity index is 2.41. The van der Waals surface area contributed by atoms with Crippen LogP contribution in [0.1, 0.15) is 19.5 Å². The van der Waals surface area contributed by atoms with Crippen molar-refractivity contribution >= 4 is 12.2 Å². The monoisotopic (exact) mass is 248 g/mol. The van der Waals surface area contributed by atoms with E-state index in [0.717, 1.165) is 23.5 Å². The van der Waals surface area contributed by atoms with E-state index < -0.39 is 0 Å². The Hall–Kier alpha value is -1.49. The summed E-state index contributed by atoms with van der Waals surface area (Å²) in [6.45, 7) is 4.36. The highest BCUT2D eigenvalue weighted by Gasteiger charge is 2.05. The Bertz CT molecular complexity index is 568. The normalized spacial score (nSPS) is 11.1. The molecular formula is C12H16N4S. The summed E-state index contributed by atoms with van der Waals surface area (Å²) in [6, 6.07) is 1.93. The topological polar surface area (TPSA) is 46.5 Å². The predicted octanol–water partition coefficient (Wildman–Crippen LogP) is 2.74. The lowest BCUT2D eigenvalue weighted by Gasteiger charge is -2.06. The van der Waals surface area contributed by atoms with E-state index in [0.29, 0.717) is 10.6 Å². The average Bonchev–Trinajstić information content (AvgIpc) is 2.62. The molecule has 2 rings (SSSR count). The summed E-state index contributed by atoms with van der Waals surface area (Å²) in [5.41, 5.74) is 2.09. The summed E-state index contributed by atoms with van der Waals surface area (Å²) in [6.07, 6.45) is 4.68. The average molecular weight is 248 g/mol. The van der Waals surface area contributed by atoms with Gasteiger partial charge in [0, 0.05) is 18.9 Å². The van der Waals surface area contributed by atoms with Crippen LogP contribution in [0.25, 0.3) is 11.4 Å². The molecule has 0 saturated carbocycles. The number of nitrogens with zero attached hydrogens (tertiary/aromatic N) is 3. The number of rotatable bonds is 3. The molecule has 0 spiro atoms. The number of hydrogen-bond donors (Lipinski definition) is 1. The summed E-state index contributed by atoms with van der Waals surface area (Å²) in [4.78, 5) is 7.65. The van der Waals surface area contributed by atoms with Crippen molar-refractivity contribution in [3.63, 3.8) is 0 Å². The first-order valence-corrected chi connectivity index (χ1v) is 6.04. The van der Waals surface area contributed by atoms with Crippen LogP contribution in [0.5, 0.6) is 0 Å². The zero-order valence-electron chi connectivity index (χ0n) is 10.3. The quantitative estimate of drug-likeness (QED) is 0.850. The van der Waals surface area contributed by atoms with Gasteiger partial charge >= 0.3 is 0 Å². The molecule has 2 aromatic heterocycles. The van der Waals surface area contributed by atoms with Gasteiger partial charge in [-0.1, -0.05) is 26.1 Å². The minimum absolute atomic E-state index is 0.588. The molecule has 0 aliphatic carbocycles. The molecule has 0 bridgehead atoms. The second-order valence-corrected chi connectivity index (χ2v) is 5.01. The molecule has 90 valence electrons. The van der Waals surface area contributed by atoms with Gasteiger partial charge in [0.25, 0.3) is 0 Å². The van der Waals surface area contributed by atoms with Crippen molar-refractivity contribution < 1.29 is 0 Å². The summed E-state index contributed by atoms with van der Waals surface area (Å²) in [7, 11) is 1.88. The second kappa shape index (κ2) is 4.79. The van der Waals surface area contributed by atoms with Crippen LogP contribution in [0.3, 0.4) is 0 Å². The molecule has 4 nitrogen and oxygen atoms in total. The van der Waals surface area contributed by atoms with E-state index in [1.165, 1.54) is 0 Å². The fraction of sp³-hybridized carbons (Fsp3) is 0.417. The SMILES string of the molecule is CC(C)Cc1cc(=S)nc(-c2cnn(C)c2)[nH]1. The van der Waals surface area contributed by atoms with Crippen LogP contribution in [0, 0.1) is 10.6 Å². The fourth-order valence-corrected chi connectivity index (χ4v) is 1.97. The molecule has 0 atom stereocenters. The van der Waals surface area contributed by atoms with Crippen LogP contribution < -0.4 is 0 Å². The van der Waals surface area contributed by atoms with Gasteiger partial charge in [0.15, 0.2) is 0 Å². The molecule has 0 aliphatic rings. The summed E-state index contributed by atoms with van der Waals surface area (Å²) in [5, 5.41) is 4.14. The molecule has 0 aliphatic heterocycles. The van der Waals surface area contributed by atoms with Crippen LogP contribution >= 0.6 is 12.2 Å². The molecule has 1 N–H and O–H groups in total. The fourth-order valence-electron chi connectivity index (χ4n) is 1.74. The Morgan fingerprint density at radius 3 is 2.82 bits per heavy atom. The van der Waals surface area contributed by atoms with Gasteiger partial charge in [0.05, 0.1) is 11.8 Å². The molecule has 0 saturated heterocycles. The lowest BCUT2D eigenvalue weighted by Crippen LogP contribution is -2.00. The second-order valence-electron chi connectivity index (χ2n) is 4.59. The highest BCUT2D eigenvalue weighted by Crippen LogP contribution is 2.15. The Labute approximate surface area is 106 Å². The van der Waals surface area contributed by atoms with Gasteiger partial charge in [-0.05, 0) is 18.4 Å². The number of aromatic amines is 1. The lowest BCUT2D eigenvalue weighted by molar-refractivity contribution is 0.634. The van der Waals surface area contributed by atoms with Crippen LogP contribution in [0.15, 0.2) is 18.5 Å². The predicted molar refractivity (Wildman–Crippen MR) is 70.2 cm³/mol. The zero-order valence-corrected chi connectivity index (χ0v) is 11.1. The molecule has 0 aromatic carbocycles. The van der Waals surface area contributed by atoms with E-state index in [2.05, 4.69) is 28.9 Å². The Morgan fingerprint density at radius 1 is 1.47 bits per heavy atom. The van der Waals surface area contributed by atoms with E-state index >= 15 is 0 Å². The lowest BCUT2D eigenvalue weighted by atomic mass is 10.1. The molecule has 2 heterocycles. The largest absolute Gasteiger partial charge is 0.343 e. The summed E-state index contributed by atoms with van der Waals surface area (Å²) < 4.78 is 2.38. The van der Waals surface area contributed by atoms with E-state index in [-0.39, 0.29) is 0 Å². The summed E-state index contributed by atoms with van der Waals surface area (Å²) >= 11 is 5.19. The number of nitrogens with one attached hydrogen (secondary N) is 1. The van der Waals surface area contributed by atoms with Crippen molar-refractivity contribution in [3.05, 3.63) is 28.8 Å². The summed E-state index contributed by atoms with van der Waals surface area (Å²) in [5.74, 6) is 1.38. The number of aromatic nitrogens is 4. The minimum atomic E-state index is 0.588. The molecule has 2 aromatic rings. The third-order valence-electron chi connectivity index (χ3n) is 2.41. The first kappa shape index (κ1) is 12.0. The van der Waals surface area contributed by atoms with Crippen molar-refractivity contribution in [2.45, 2.75) is 20.3 Å². The third-order valence-corrected chi connectivity index (χ3v) is 2.61. The maximum atomic E-state index is 5.19. The molecule has 0 radical (unpaired) electrons. The molecular weight excluding hydrogens is 232 g/mol. The van der Waals surface area contributed by atoms with E-state index in [4.69, 9.17) is 12.2 Å². The molecule has 0 unspecified atom stereocenters. The smallest absolute Gasteiger partial charge is 0.142 e. The van der Waals surface area contributed by atoms with Crippen molar-refractivity contribution in [1.29, 1.82) is 0 Å². The van der Waals surface area contributed by atoms with Gasteiger partial charge < -0.3 is 4.98 Å². The first-order chi connectivity index (χ1) is 8.04. The van der Waals surface area contributed by atoms with E-state index in [1.54, 1.807) is 10.9 Å². The zero-order chi connectivity index (χ0) is 12.4. The number of hydrogen-bond acceptors (Lipinski definition) is 3. The van der Waals surface area contributed by atoms with Crippen molar-refractivity contribution in [2.24, 2.45) is 13.0 Å². The van der Waals surface area contributed by atoms with Gasteiger partial charge in [-0.3, -0.25) is 4.68 Å². The molecule has 5 heteroatoms. The van der Waals surface area contributed by atoms with E-state index in [9.17, 15) is 0 Å². The number of H-pyrrole nitrogens is 1. The minimum Gasteiger partial charge on any atom is -0.343 e. The standard InChI is InChI=1S/C12H16N4S/c1-8(2)4-10-5-11(17)15-12(14-10)9-6-13-16(3)7-9/h5-8H,4H2,1-3H3,(H,14,15,17). The Kier molecular flexibility index (Phi) is 3.38. The van der Waals surface area contributed by atoms with Crippen molar-refractivity contribution in [2.75, 3.05) is 0 Å². The van der Waals surface area contributed by atoms with Crippen molar-refractivity contribution in [3.8, 4) is 11.4 Å². The van der Waals surface area contributed by atoms with E-state index in [1.807, 2.05) is 19.3 Å². The highest BCUT2D eigenvalue weighted by molar-refractivity contribution is 7.71. The van der Waals surface area contributed by atoms with Gasteiger partial charge in [-0.15, -0.1) is 0 Å². The van der Waals surface area contributed by atoms with Gasteiger partial charge in [0.2, 0.25) is 0 Å². The van der Waals surface area contributed by atoms with Crippen molar-refractivity contribution in [1.82, 2.24) is 19.7 Å². The highest BCUT2D eigenvalue weighted by atomic mass is 32.1. The van der Waals surface area contributed by atoms with Gasteiger partial charge in [-0.2, -0.15) is 5.10 Å². The maximum Gasteiger partial charge on any atom is 0.142 e. The molecule has 0 amide bonds. The third kappa shape index (κ3) is 3.00. The van der Waals surface area contributed by atoms with Crippen LogP contribution in [0.4, 0.5) is 0 Å². The van der Waals surface area contributed by atoms with Gasteiger partial charge in [-0.25, -0.2) is 4.98 Å². The first-order valence-electron chi connectivity index (χ1n) is 5.64. The van der Waals surface area contributed by atoms with Crippen LogP contribution in [-0.4, -0.2) is 19.7 Å². The number of aryl methyl sites for hydroxylation is 1. The Morgan fingerprint density at radius 2 is 2.24 bits per heavy atom. The van der Waals surface area contributed by atoms with Gasteiger partial charge in [0.1, 0.15) is 10.5 Å². The van der Waals surface area contributed by atoms with Crippen LogP contribution in [-0.2, 0) is 13.5 Å². The molecule has 17 heavy (non-hydrogen) atoms. The van der Waals surface area contributed by atoms with Crippen LogP contribution in [0.2, 0.25) is 0 Å². The molecule has 0 fully saturated rings. The maximum absolute atomic E-state index is 5.19.